The van der Waals surface area contributed by atoms with Crippen LogP contribution in [0.4, 0.5) is 5.69 Å². The van der Waals surface area contributed by atoms with Crippen molar-refractivity contribution in [2.45, 2.75) is 31.0 Å². The van der Waals surface area contributed by atoms with Crippen molar-refractivity contribution in [1.82, 2.24) is 10.2 Å². The second-order valence-corrected chi connectivity index (χ2v) is 11.8. The molecule has 0 bridgehead atoms. The minimum Gasteiger partial charge on any atom is -0.476 e. The molecule has 8 nitrogen and oxygen atoms in total. The summed E-state index contributed by atoms with van der Waals surface area (Å²) in [4.78, 5) is 15.7. The van der Waals surface area contributed by atoms with Crippen LogP contribution in [0.15, 0.2) is 71.6 Å². The Balaban J connectivity index is 1.31. The average Bonchev–Trinajstić information content (AvgIpc) is 2.92. The average molecular weight is 556 g/mol. The molecule has 1 saturated heterocycles. The third kappa shape index (κ3) is 5.96. The van der Waals surface area contributed by atoms with Gasteiger partial charge in [0, 0.05) is 31.2 Å². The molecule has 2 aliphatic heterocycles. The van der Waals surface area contributed by atoms with E-state index >= 15 is 0 Å². The summed E-state index contributed by atoms with van der Waals surface area (Å²) in [6, 6.07) is 19.4. The van der Waals surface area contributed by atoms with Crippen molar-refractivity contribution in [3.05, 3.63) is 88.4 Å². The Morgan fingerprint density at radius 1 is 1.03 bits per heavy atom. The molecule has 1 unspecified atom stereocenters. The molecule has 1 N–H and O–H groups in total. The number of nitrogens with one attached hydrogen (secondary N) is 1. The number of morpholine rings is 1. The molecule has 38 heavy (non-hydrogen) atoms. The molecule has 3 aromatic rings. The zero-order valence-corrected chi connectivity index (χ0v) is 22.7. The fourth-order valence-electron chi connectivity index (χ4n) is 4.58. The van der Waals surface area contributed by atoms with Crippen molar-refractivity contribution >= 4 is 33.2 Å². The highest BCUT2D eigenvalue weighted by atomic mass is 35.5. The van der Waals surface area contributed by atoms with Crippen LogP contribution in [0.25, 0.3) is 0 Å². The number of hydrogen-bond donors (Lipinski definition) is 1. The highest BCUT2D eigenvalue weighted by Gasteiger charge is 2.37. The molecule has 1 atom stereocenters. The Labute approximate surface area is 228 Å². The predicted octanol–water partition coefficient (Wildman–Crippen LogP) is 3.75. The number of rotatable bonds is 7. The van der Waals surface area contributed by atoms with Gasteiger partial charge < -0.3 is 14.8 Å². The van der Waals surface area contributed by atoms with E-state index in [1.165, 1.54) is 10.4 Å². The highest BCUT2D eigenvalue weighted by Crippen LogP contribution is 2.39. The van der Waals surface area contributed by atoms with E-state index in [9.17, 15) is 13.2 Å². The van der Waals surface area contributed by atoms with Gasteiger partial charge in [-0.3, -0.25) is 14.0 Å². The SMILES string of the molecule is Cc1ccc(S(=O)(=O)N2CC(C(=O)NCc3cccc(CN4CCOCC4)c3)Oc3ccc(Cl)cc32)cc1. The lowest BCUT2D eigenvalue weighted by Gasteiger charge is -2.35. The summed E-state index contributed by atoms with van der Waals surface area (Å²) in [6.45, 7) is 6.11. The largest absolute Gasteiger partial charge is 0.476 e. The Hall–Kier alpha value is -3.11. The maximum absolute atomic E-state index is 13.6. The third-order valence-corrected chi connectivity index (χ3v) is 8.69. The smallest absolute Gasteiger partial charge is 0.264 e. The van der Waals surface area contributed by atoms with Crippen LogP contribution in [-0.4, -0.2) is 58.2 Å². The quantitative estimate of drug-likeness (QED) is 0.478. The Morgan fingerprint density at radius 3 is 2.53 bits per heavy atom. The van der Waals surface area contributed by atoms with E-state index in [2.05, 4.69) is 22.3 Å². The van der Waals surface area contributed by atoms with Gasteiger partial charge >= 0.3 is 0 Å². The molecule has 2 heterocycles. The molecular formula is C28H30ClN3O5S. The minimum atomic E-state index is -3.96. The zero-order chi connectivity index (χ0) is 26.7. The maximum Gasteiger partial charge on any atom is 0.264 e. The standard InChI is InChI=1S/C28H30ClN3O5S/c1-20-5-8-24(9-6-20)38(34,35)32-19-27(37-26-10-7-23(29)16-25(26)32)28(33)30-17-21-3-2-4-22(15-21)18-31-11-13-36-14-12-31/h2-10,15-16,27H,11-14,17-19H2,1H3,(H,30,33). The van der Waals surface area contributed by atoms with Crippen molar-refractivity contribution in [3.63, 3.8) is 0 Å². The Bertz CT molecular complexity index is 1410. The van der Waals surface area contributed by atoms with Crippen LogP contribution in [-0.2, 0) is 32.6 Å². The molecule has 2 aliphatic rings. The molecule has 0 aromatic heterocycles. The number of sulfonamides is 1. The number of hydrogen-bond acceptors (Lipinski definition) is 6. The maximum atomic E-state index is 13.6. The van der Waals surface area contributed by atoms with E-state index < -0.39 is 22.0 Å². The van der Waals surface area contributed by atoms with E-state index in [1.54, 1.807) is 36.4 Å². The van der Waals surface area contributed by atoms with Crippen molar-refractivity contribution in [3.8, 4) is 5.75 Å². The molecule has 5 rings (SSSR count). The summed E-state index contributed by atoms with van der Waals surface area (Å²) >= 11 is 6.18. The van der Waals surface area contributed by atoms with E-state index in [0.29, 0.717) is 17.3 Å². The molecule has 3 aromatic carbocycles. The van der Waals surface area contributed by atoms with E-state index in [1.807, 2.05) is 19.1 Å². The third-order valence-electron chi connectivity index (χ3n) is 6.66. The van der Waals surface area contributed by atoms with Crippen molar-refractivity contribution in [2.24, 2.45) is 0 Å². The summed E-state index contributed by atoms with van der Waals surface area (Å²) < 4.78 is 39.8. The van der Waals surface area contributed by atoms with Crippen molar-refractivity contribution in [1.29, 1.82) is 0 Å². The van der Waals surface area contributed by atoms with Gasteiger partial charge in [0.15, 0.2) is 6.10 Å². The van der Waals surface area contributed by atoms with Gasteiger partial charge in [0.2, 0.25) is 0 Å². The van der Waals surface area contributed by atoms with Crippen molar-refractivity contribution < 1.29 is 22.7 Å². The number of nitrogens with zero attached hydrogens (tertiary/aromatic N) is 2. The topological polar surface area (TPSA) is 88.2 Å². The van der Waals surface area contributed by atoms with Crippen LogP contribution in [0.1, 0.15) is 16.7 Å². The van der Waals surface area contributed by atoms with E-state index in [-0.39, 0.29) is 17.2 Å². The number of aryl methyl sites for hydroxylation is 1. The number of halogens is 1. The van der Waals surface area contributed by atoms with Gasteiger partial charge in [-0.2, -0.15) is 0 Å². The van der Waals surface area contributed by atoms with Gasteiger partial charge in [-0.1, -0.05) is 53.6 Å². The van der Waals surface area contributed by atoms with Gasteiger partial charge in [-0.25, -0.2) is 8.42 Å². The normalized spacial score (nSPS) is 17.9. The van der Waals surface area contributed by atoms with E-state index in [0.717, 1.165) is 49.5 Å². The molecule has 0 aliphatic carbocycles. The second-order valence-electron chi connectivity index (χ2n) is 9.49. The molecule has 200 valence electrons. The first-order valence-corrected chi connectivity index (χ1v) is 14.3. The van der Waals surface area contributed by atoms with Crippen LogP contribution in [0.3, 0.4) is 0 Å². The number of amides is 1. The van der Waals surface area contributed by atoms with Crippen LogP contribution in [0, 0.1) is 6.92 Å². The van der Waals surface area contributed by atoms with Crippen LogP contribution in [0.5, 0.6) is 5.75 Å². The van der Waals surface area contributed by atoms with E-state index in [4.69, 9.17) is 21.1 Å². The molecule has 0 radical (unpaired) electrons. The Kier molecular flexibility index (Phi) is 7.90. The number of anilines is 1. The number of benzene rings is 3. The number of carbonyl (C=O) groups is 1. The first-order valence-electron chi connectivity index (χ1n) is 12.5. The van der Waals surface area contributed by atoms with Crippen LogP contribution < -0.4 is 14.4 Å². The lowest BCUT2D eigenvalue weighted by Crippen LogP contribution is -2.50. The highest BCUT2D eigenvalue weighted by molar-refractivity contribution is 7.92. The fraction of sp³-hybridized carbons (Fsp3) is 0.321. The van der Waals surface area contributed by atoms with Crippen LogP contribution >= 0.6 is 11.6 Å². The van der Waals surface area contributed by atoms with Gasteiger partial charge in [0.25, 0.3) is 15.9 Å². The molecular weight excluding hydrogens is 526 g/mol. The minimum absolute atomic E-state index is 0.132. The summed E-state index contributed by atoms with van der Waals surface area (Å²) in [5.41, 5.74) is 3.36. The van der Waals surface area contributed by atoms with Gasteiger partial charge in [-0.05, 0) is 48.4 Å². The lowest BCUT2D eigenvalue weighted by molar-refractivity contribution is -0.127. The monoisotopic (exact) mass is 555 g/mol. The number of ether oxygens (including phenoxy) is 2. The van der Waals surface area contributed by atoms with Crippen LogP contribution in [0.2, 0.25) is 5.02 Å². The van der Waals surface area contributed by atoms with Gasteiger partial charge in [0.05, 0.1) is 30.3 Å². The predicted molar refractivity (Wildman–Crippen MR) is 146 cm³/mol. The zero-order valence-electron chi connectivity index (χ0n) is 21.1. The summed E-state index contributed by atoms with van der Waals surface area (Å²) in [6.07, 6.45) is -1.03. The summed E-state index contributed by atoms with van der Waals surface area (Å²) in [5, 5.41) is 3.29. The Morgan fingerprint density at radius 2 is 1.76 bits per heavy atom. The molecule has 10 heteroatoms. The summed E-state index contributed by atoms with van der Waals surface area (Å²) in [7, 11) is -3.96. The lowest BCUT2D eigenvalue weighted by atomic mass is 10.1. The fourth-order valence-corrected chi connectivity index (χ4v) is 6.22. The number of carbonyl (C=O) groups excluding carboxylic acids is 1. The second kappa shape index (κ2) is 11.3. The number of fused-ring (bicyclic) bond motifs is 1. The first-order chi connectivity index (χ1) is 18.3. The molecule has 1 amide bonds. The molecule has 1 fully saturated rings. The molecule has 0 saturated carbocycles. The van der Waals surface area contributed by atoms with Gasteiger partial charge in [0.1, 0.15) is 5.75 Å². The van der Waals surface area contributed by atoms with Crippen molar-refractivity contribution in [2.75, 3.05) is 37.2 Å². The summed E-state index contributed by atoms with van der Waals surface area (Å²) in [5.74, 6) is -0.114. The molecule has 0 spiro atoms. The van der Waals surface area contributed by atoms with Gasteiger partial charge in [-0.15, -0.1) is 0 Å². The first kappa shape index (κ1) is 26.5.